The van der Waals surface area contributed by atoms with Crippen LogP contribution in [0, 0.1) is 0 Å². The first-order chi connectivity index (χ1) is 13.1. The van der Waals surface area contributed by atoms with Crippen LogP contribution in [0.3, 0.4) is 0 Å². The Morgan fingerprint density at radius 2 is 2.00 bits per heavy atom. The van der Waals surface area contributed by atoms with E-state index in [1.165, 1.54) is 17.2 Å². The Kier molecular flexibility index (Phi) is 5.23. The quantitative estimate of drug-likeness (QED) is 0.686. The molecule has 0 fully saturated rings. The van der Waals surface area contributed by atoms with E-state index in [-0.39, 0.29) is 10.6 Å². The maximum Gasteiger partial charge on any atom is 0.416 e. The summed E-state index contributed by atoms with van der Waals surface area (Å²) < 4.78 is 40.2. The molecular formula is C17H14ClF3N6O. The fraction of sp³-hybridized carbons (Fsp3) is 0.176. The van der Waals surface area contributed by atoms with E-state index in [0.717, 1.165) is 18.2 Å². The van der Waals surface area contributed by atoms with Crippen LogP contribution >= 0.6 is 11.6 Å². The van der Waals surface area contributed by atoms with Crippen molar-refractivity contribution in [1.82, 2.24) is 25.1 Å². The maximum atomic E-state index is 12.9. The van der Waals surface area contributed by atoms with Gasteiger partial charge in [-0.2, -0.15) is 23.0 Å². The molecule has 2 heterocycles. The van der Waals surface area contributed by atoms with Gasteiger partial charge in [0.15, 0.2) is 11.6 Å². The van der Waals surface area contributed by atoms with E-state index < -0.39 is 23.7 Å². The van der Waals surface area contributed by atoms with E-state index in [0.29, 0.717) is 17.3 Å². The zero-order valence-electron chi connectivity index (χ0n) is 14.4. The Labute approximate surface area is 162 Å². The minimum Gasteiger partial charge on any atom is -0.397 e. The molecule has 0 spiro atoms. The molecule has 2 aromatic heterocycles. The lowest BCUT2D eigenvalue weighted by atomic mass is 10.1. The molecule has 1 unspecified atom stereocenters. The largest absolute Gasteiger partial charge is 0.416 e. The minimum atomic E-state index is -4.62. The summed E-state index contributed by atoms with van der Waals surface area (Å²) in [7, 11) is 0. The zero-order valence-corrected chi connectivity index (χ0v) is 15.2. The summed E-state index contributed by atoms with van der Waals surface area (Å²) in [6.45, 7) is 1.62. The molecule has 3 N–H and O–H groups in total. The van der Waals surface area contributed by atoms with Crippen molar-refractivity contribution in [3.05, 3.63) is 64.8 Å². The number of nitrogens with two attached hydrogens (primary N) is 1. The third-order valence-corrected chi connectivity index (χ3v) is 4.00. The van der Waals surface area contributed by atoms with Crippen LogP contribution in [-0.2, 0) is 6.18 Å². The van der Waals surface area contributed by atoms with E-state index in [9.17, 15) is 18.0 Å². The second kappa shape index (κ2) is 7.47. The molecule has 1 atom stereocenters. The van der Waals surface area contributed by atoms with Gasteiger partial charge in [-0.3, -0.25) is 4.79 Å². The number of carbonyl (C=O) groups is 1. The molecule has 0 saturated carbocycles. The SMILES string of the molecule is CC(NC(=O)c1cc(Cl)cc(C(F)(F)F)c1)c1ncnn1-c1ccc(N)cn1. The van der Waals surface area contributed by atoms with Crippen LogP contribution in [0.15, 0.2) is 42.9 Å². The highest BCUT2D eigenvalue weighted by Crippen LogP contribution is 2.32. The second-order valence-electron chi connectivity index (χ2n) is 5.90. The second-order valence-corrected chi connectivity index (χ2v) is 6.34. The number of hydrogen-bond donors (Lipinski definition) is 2. The molecule has 1 aromatic carbocycles. The van der Waals surface area contributed by atoms with Gasteiger partial charge < -0.3 is 11.1 Å². The van der Waals surface area contributed by atoms with E-state index in [1.54, 1.807) is 19.1 Å². The number of nitrogens with zero attached hydrogens (tertiary/aromatic N) is 4. The molecule has 11 heteroatoms. The Bertz CT molecular complexity index is 1000. The number of amides is 1. The molecule has 1 amide bonds. The van der Waals surface area contributed by atoms with Gasteiger partial charge in [-0.15, -0.1) is 0 Å². The number of halogens is 4. The first kappa shape index (κ1) is 19.6. The molecule has 0 aliphatic rings. The van der Waals surface area contributed by atoms with Crippen molar-refractivity contribution in [1.29, 1.82) is 0 Å². The number of nitrogen functional groups attached to an aromatic ring is 1. The predicted molar refractivity (Wildman–Crippen MR) is 95.9 cm³/mol. The van der Waals surface area contributed by atoms with Crippen LogP contribution in [0.1, 0.15) is 34.7 Å². The number of anilines is 1. The summed E-state index contributed by atoms with van der Waals surface area (Å²) >= 11 is 5.73. The van der Waals surface area contributed by atoms with Gasteiger partial charge in [0.2, 0.25) is 0 Å². The molecule has 28 heavy (non-hydrogen) atoms. The standard InChI is InChI=1S/C17H14ClF3N6O/c1-9(15-24-8-25-27(15)14-3-2-13(22)7-23-14)26-16(28)10-4-11(17(19,20)21)6-12(18)5-10/h2-9H,22H2,1H3,(H,26,28). The van der Waals surface area contributed by atoms with Crippen LogP contribution in [0.25, 0.3) is 5.82 Å². The number of benzene rings is 1. The number of rotatable bonds is 4. The van der Waals surface area contributed by atoms with Crippen LogP contribution in [0.5, 0.6) is 0 Å². The maximum absolute atomic E-state index is 12.9. The normalized spacial score (nSPS) is 12.6. The molecule has 0 radical (unpaired) electrons. The summed E-state index contributed by atoms with van der Waals surface area (Å²) in [6, 6.07) is 5.22. The summed E-state index contributed by atoms with van der Waals surface area (Å²) in [5, 5.41) is 6.45. The molecule has 0 aliphatic carbocycles. The van der Waals surface area contributed by atoms with Gasteiger partial charge >= 0.3 is 6.18 Å². The van der Waals surface area contributed by atoms with Crippen molar-refractivity contribution in [3.63, 3.8) is 0 Å². The fourth-order valence-corrected chi connectivity index (χ4v) is 2.71. The van der Waals surface area contributed by atoms with Gasteiger partial charge in [-0.05, 0) is 37.3 Å². The van der Waals surface area contributed by atoms with Crippen LogP contribution in [-0.4, -0.2) is 25.7 Å². The number of carbonyl (C=O) groups excluding carboxylic acids is 1. The van der Waals surface area contributed by atoms with Crippen molar-refractivity contribution in [2.24, 2.45) is 0 Å². The fourth-order valence-electron chi connectivity index (χ4n) is 2.47. The number of hydrogen-bond acceptors (Lipinski definition) is 5. The summed E-state index contributed by atoms with van der Waals surface area (Å²) in [6.07, 6.45) is -1.90. The van der Waals surface area contributed by atoms with Gasteiger partial charge in [0.1, 0.15) is 6.33 Å². The van der Waals surface area contributed by atoms with Crippen molar-refractivity contribution in [2.45, 2.75) is 19.1 Å². The molecular weight excluding hydrogens is 397 g/mol. The van der Waals surface area contributed by atoms with Crippen molar-refractivity contribution in [3.8, 4) is 5.82 Å². The highest BCUT2D eigenvalue weighted by molar-refractivity contribution is 6.31. The predicted octanol–water partition coefficient (Wildman–Crippen LogP) is 3.41. The lowest BCUT2D eigenvalue weighted by Gasteiger charge is -2.15. The summed E-state index contributed by atoms with van der Waals surface area (Å²) in [5.74, 6) is 0.0221. The van der Waals surface area contributed by atoms with Gasteiger partial charge in [0, 0.05) is 10.6 Å². The van der Waals surface area contributed by atoms with Crippen molar-refractivity contribution in [2.75, 3.05) is 5.73 Å². The van der Waals surface area contributed by atoms with Crippen molar-refractivity contribution >= 4 is 23.2 Å². The molecule has 0 aliphatic heterocycles. The Morgan fingerprint density at radius 3 is 2.64 bits per heavy atom. The Morgan fingerprint density at radius 1 is 1.25 bits per heavy atom. The minimum absolute atomic E-state index is 0.193. The average Bonchev–Trinajstić information content (AvgIpc) is 3.11. The first-order valence-corrected chi connectivity index (χ1v) is 8.33. The van der Waals surface area contributed by atoms with Gasteiger partial charge in [0.25, 0.3) is 5.91 Å². The summed E-state index contributed by atoms with van der Waals surface area (Å²) in [4.78, 5) is 20.7. The van der Waals surface area contributed by atoms with E-state index in [1.807, 2.05) is 0 Å². The van der Waals surface area contributed by atoms with Gasteiger partial charge in [-0.25, -0.2) is 9.97 Å². The topological polar surface area (TPSA) is 98.7 Å². The van der Waals surface area contributed by atoms with Crippen LogP contribution < -0.4 is 11.1 Å². The lowest BCUT2D eigenvalue weighted by Crippen LogP contribution is -2.29. The van der Waals surface area contributed by atoms with Crippen LogP contribution in [0.2, 0.25) is 5.02 Å². The number of pyridine rings is 1. The molecule has 0 saturated heterocycles. The average molecular weight is 411 g/mol. The number of alkyl halides is 3. The number of nitrogens with one attached hydrogen (secondary N) is 1. The Hall–Kier alpha value is -3.14. The molecule has 146 valence electrons. The lowest BCUT2D eigenvalue weighted by molar-refractivity contribution is -0.137. The van der Waals surface area contributed by atoms with E-state index in [4.69, 9.17) is 17.3 Å². The smallest absolute Gasteiger partial charge is 0.397 e. The monoisotopic (exact) mass is 410 g/mol. The molecule has 7 nitrogen and oxygen atoms in total. The highest BCUT2D eigenvalue weighted by Gasteiger charge is 2.32. The first-order valence-electron chi connectivity index (χ1n) is 7.95. The Balaban J connectivity index is 1.84. The van der Waals surface area contributed by atoms with Crippen LogP contribution in [0.4, 0.5) is 18.9 Å². The third kappa shape index (κ3) is 4.22. The van der Waals surface area contributed by atoms with Crippen molar-refractivity contribution < 1.29 is 18.0 Å². The van der Waals surface area contributed by atoms with E-state index in [2.05, 4.69) is 20.4 Å². The highest BCUT2D eigenvalue weighted by atomic mass is 35.5. The molecule has 3 aromatic rings. The van der Waals surface area contributed by atoms with E-state index >= 15 is 0 Å². The van der Waals surface area contributed by atoms with Gasteiger partial charge in [0.05, 0.1) is 23.5 Å². The zero-order chi connectivity index (χ0) is 20.5. The number of aromatic nitrogens is 4. The third-order valence-electron chi connectivity index (χ3n) is 3.78. The van der Waals surface area contributed by atoms with Gasteiger partial charge in [-0.1, -0.05) is 11.6 Å². The summed E-state index contributed by atoms with van der Waals surface area (Å²) in [5.41, 5.74) is 4.85. The molecule has 3 rings (SSSR count). The molecule has 0 bridgehead atoms.